The van der Waals surface area contributed by atoms with E-state index in [2.05, 4.69) is 20.7 Å². The second kappa shape index (κ2) is 7.69. The van der Waals surface area contributed by atoms with E-state index in [0.717, 1.165) is 5.56 Å². The molecule has 3 atom stereocenters. The van der Waals surface area contributed by atoms with Gasteiger partial charge in [-0.3, -0.25) is 14.3 Å². The van der Waals surface area contributed by atoms with Gasteiger partial charge in [-0.2, -0.15) is 5.10 Å². The Morgan fingerprint density at radius 3 is 2.81 bits per heavy atom. The average molecular weight is 360 g/mol. The second-order valence-electron chi connectivity index (χ2n) is 6.74. The molecule has 1 aliphatic carbocycles. The topological polar surface area (TPSA) is 114 Å². The van der Waals surface area contributed by atoms with Crippen LogP contribution >= 0.6 is 0 Å². The van der Waals surface area contributed by atoms with Gasteiger partial charge in [-0.15, -0.1) is 0 Å². The molecular formula is C17H24N6O3. The monoisotopic (exact) mass is 360 g/mol. The molecule has 2 aromatic rings. The number of hydrogen-bond donors (Lipinski definition) is 3. The summed E-state index contributed by atoms with van der Waals surface area (Å²) in [4.78, 5) is 28.5. The molecule has 0 unspecified atom stereocenters. The number of aliphatic hydroxyl groups is 1. The number of aryl methyl sites for hydroxylation is 2. The molecule has 0 aliphatic heterocycles. The first-order valence-electron chi connectivity index (χ1n) is 8.65. The fourth-order valence-electron chi connectivity index (χ4n) is 3.28. The predicted octanol–water partition coefficient (Wildman–Crippen LogP) is -0.618. The van der Waals surface area contributed by atoms with Crippen molar-refractivity contribution in [3.8, 4) is 0 Å². The SMILES string of the molecule is Cn1cc(CCNC(=O)[C@@H]2C[C@@H](O)[C@H](NC(=O)c3nccn3C)C2)cn1. The van der Waals surface area contributed by atoms with E-state index in [0.29, 0.717) is 25.8 Å². The van der Waals surface area contributed by atoms with Gasteiger partial charge in [-0.1, -0.05) is 0 Å². The highest BCUT2D eigenvalue weighted by Crippen LogP contribution is 2.26. The zero-order valence-electron chi connectivity index (χ0n) is 14.9. The minimum absolute atomic E-state index is 0.0957. The molecule has 26 heavy (non-hydrogen) atoms. The Balaban J connectivity index is 1.47. The van der Waals surface area contributed by atoms with Gasteiger partial charge >= 0.3 is 0 Å². The maximum absolute atomic E-state index is 12.3. The van der Waals surface area contributed by atoms with Crippen LogP contribution in [0.1, 0.15) is 29.0 Å². The fourth-order valence-corrected chi connectivity index (χ4v) is 3.28. The van der Waals surface area contributed by atoms with Gasteiger partial charge in [0, 0.05) is 45.1 Å². The number of aromatic nitrogens is 4. The highest BCUT2D eigenvalue weighted by atomic mass is 16.3. The highest BCUT2D eigenvalue weighted by molar-refractivity contribution is 5.91. The summed E-state index contributed by atoms with van der Waals surface area (Å²) in [6.07, 6.45) is 7.61. The smallest absolute Gasteiger partial charge is 0.287 e. The van der Waals surface area contributed by atoms with Gasteiger partial charge in [0.1, 0.15) is 0 Å². The van der Waals surface area contributed by atoms with Crippen LogP contribution < -0.4 is 10.6 Å². The van der Waals surface area contributed by atoms with E-state index in [1.165, 1.54) is 0 Å². The molecule has 2 heterocycles. The minimum atomic E-state index is -0.742. The van der Waals surface area contributed by atoms with Gasteiger partial charge in [-0.05, 0) is 24.8 Å². The number of aliphatic hydroxyl groups excluding tert-OH is 1. The van der Waals surface area contributed by atoms with Gasteiger partial charge in [0.25, 0.3) is 5.91 Å². The summed E-state index contributed by atoms with van der Waals surface area (Å²) < 4.78 is 3.33. The zero-order valence-corrected chi connectivity index (χ0v) is 14.9. The zero-order chi connectivity index (χ0) is 18.7. The van der Waals surface area contributed by atoms with E-state index < -0.39 is 12.1 Å². The first-order valence-corrected chi connectivity index (χ1v) is 8.65. The Hall–Kier alpha value is -2.68. The number of rotatable bonds is 6. The van der Waals surface area contributed by atoms with E-state index in [9.17, 15) is 14.7 Å². The average Bonchev–Trinajstić information content (AvgIpc) is 3.29. The number of imidazole rings is 1. The second-order valence-corrected chi connectivity index (χ2v) is 6.74. The number of nitrogens with one attached hydrogen (secondary N) is 2. The van der Waals surface area contributed by atoms with Crippen LogP contribution in [0.3, 0.4) is 0 Å². The fraction of sp³-hybridized carbons (Fsp3) is 0.529. The number of amides is 2. The Labute approximate surface area is 151 Å². The lowest BCUT2D eigenvalue weighted by Gasteiger charge is -2.16. The maximum atomic E-state index is 12.3. The summed E-state index contributed by atoms with van der Waals surface area (Å²) in [7, 11) is 3.58. The summed E-state index contributed by atoms with van der Waals surface area (Å²) in [5.41, 5.74) is 1.06. The van der Waals surface area contributed by atoms with E-state index >= 15 is 0 Å². The summed E-state index contributed by atoms with van der Waals surface area (Å²) in [6, 6.07) is -0.451. The molecule has 9 heteroatoms. The molecule has 1 saturated carbocycles. The number of nitrogens with zero attached hydrogens (tertiary/aromatic N) is 4. The van der Waals surface area contributed by atoms with Crippen molar-refractivity contribution in [1.82, 2.24) is 30.0 Å². The van der Waals surface area contributed by atoms with E-state index in [1.807, 2.05) is 13.2 Å². The lowest BCUT2D eigenvalue weighted by Crippen LogP contribution is -2.41. The van der Waals surface area contributed by atoms with Crippen LogP contribution in [0.15, 0.2) is 24.8 Å². The molecule has 3 rings (SSSR count). The van der Waals surface area contributed by atoms with Gasteiger partial charge in [0.2, 0.25) is 5.91 Å². The standard InChI is InChI=1S/C17H24N6O3/c1-22-6-5-18-15(22)17(26)21-13-7-12(8-14(13)24)16(25)19-4-3-11-9-20-23(2)10-11/h5-6,9-10,12-14,24H,3-4,7-8H2,1-2H3,(H,19,25)(H,21,26)/t12-,13+,14+/m0/s1. The van der Waals surface area contributed by atoms with Gasteiger partial charge < -0.3 is 20.3 Å². The molecule has 0 spiro atoms. The first-order chi connectivity index (χ1) is 12.4. The van der Waals surface area contributed by atoms with Crippen LogP contribution in [-0.4, -0.2) is 54.9 Å². The van der Waals surface area contributed by atoms with Crippen LogP contribution in [0.5, 0.6) is 0 Å². The number of hydrogen-bond acceptors (Lipinski definition) is 5. The molecule has 0 radical (unpaired) electrons. The molecule has 1 fully saturated rings. The van der Waals surface area contributed by atoms with E-state index in [4.69, 9.17) is 0 Å². The van der Waals surface area contributed by atoms with Crippen molar-refractivity contribution in [3.05, 3.63) is 36.2 Å². The minimum Gasteiger partial charge on any atom is -0.391 e. The highest BCUT2D eigenvalue weighted by Gasteiger charge is 2.38. The lowest BCUT2D eigenvalue weighted by atomic mass is 10.1. The van der Waals surface area contributed by atoms with Gasteiger partial charge in [0.15, 0.2) is 5.82 Å². The molecule has 1 aliphatic rings. The molecule has 2 aromatic heterocycles. The first kappa shape index (κ1) is 18.1. The van der Waals surface area contributed by atoms with Crippen LogP contribution in [0.25, 0.3) is 0 Å². The Morgan fingerprint density at radius 2 is 2.15 bits per heavy atom. The Kier molecular flexibility index (Phi) is 5.36. The third kappa shape index (κ3) is 4.10. The third-order valence-corrected chi connectivity index (χ3v) is 4.71. The summed E-state index contributed by atoms with van der Waals surface area (Å²) in [6.45, 7) is 0.515. The van der Waals surface area contributed by atoms with E-state index in [1.54, 1.807) is 34.9 Å². The predicted molar refractivity (Wildman–Crippen MR) is 93.1 cm³/mol. The van der Waals surface area contributed by atoms with Crippen molar-refractivity contribution >= 4 is 11.8 Å². The lowest BCUT2D eigenvalue weighted by molar-refractivity contribution is -0.125. The molecule has 0 bridgehead atoms. The third-order valence-electron chi connectivity index (χ3n) is 4.71. The van der Waals surface area contributed by atoms with Crippen molar-refractivity contribution in [2.45, 2.75) is 31.4 Å². The number of carbonyl (C=O) groups excluding carboxylic acids is 2. The molecule has 0 aromatic carbocycles. The summed E-state index contributed by atoms with van der Waals surface area (Å²) in [5, 5.41) is 20.0. The summed E-state index contributed by atoms with van der Waals surface area (Å²) in [5.74, 6) is -0.479. The van der Waals surface area contributed by atoms with E-state index in [-0.39, 0.29) is 23.6 Å². The Morgan fingerprint density at radius 1 is 1.35 bits per heavy atom. The quantitative estimate of drug-likeness (QED) is 0.635. The molecule has 0 saturated heterocycles. The van der Waals surface area contributed by atoms with Crippen molar-refractivity contribution < 1.29 is 14.7 Å². The molecule has 2 amide bonds. The van der Waals surface area contributed by atoms with Gasteiger partial charge in [-0.25, -0.2) is 4.98 Å². The van der Waals surface area contributed by atoms with Crippen LogP contribution in [0.2, 0.25) is 0 Å². The van der Waals surface area contributed by atoms with Gasteiger partial charge in [0.05, 0.1) is 18.3 Å². The van der Waals surface area contributed by atoms with Crippen LogP contribution in [0, 0.1) is 5.92 Å². The van der Waals surface area contributed by atoms with Crippen LogP contribution in [0.4, 0.5) is 0 Å². The molecule has 3 N–H and O–H groups in total. The van der Waals surface area contributed by atoms with Crippen molar-refractivity contribution in [1.29, 1.82) is 0 Å². The van der Waals surface area contributed by atoms with Crippen molar-refractivity contribution in [3.63, 3.8) is 0 Å². The maximum Gasteiger partial charge on any atom is 0.287 e. The largest absolute Gasteiger partial charge is 0.391 e. The molecular weight excluding hydrogens is 336 g/mol. The Bertz CT molecular complexity index is 783. The van der Waals surface area contributed by atoms with Crippen LogP contribution in [-0.2, 0) is 25.3 Å². The molecule has 9 nitrogen and oxygen atoms in total. The van der Waals surface area contributed by atoms with Crippen molar-refractivity contribution in [2.24, 2.45) is 20.0 Å². The number of carbonyl (C=O) groups is 2. The molecule has 140 valence electrons. The summed E-state index contributed by atoms with van der Waals surface area (Å²) >= 11 is 0. The van der Waals surface area contributed by atoms with Crippen molar-refractivity contribution in [2.75, 3.05) is 6.54 Å². The normalized spacial score (nSPS) is 22.3.